The number of methoxy groups -OCH3 is 1. The van der Waals surface area contributed by atoms with E-state index in [2.05, 4.69) is 20.7 Å². The number of sulfonamides is 1. The predicted molar refractivity (Wildman–Crippen MR) is 82.3 cm³/mol. The van der Waals surface area contributed by atoms with Crippen LogP contribution < -0.4 is 15.2 Å². The van der Waals surface area contributed by atoms with E-state index in [0.717, 1.165) is 12.1 Å². The van der Waals surface area contributed by atoms with Crippen LogP contribution in [0.3, 0.4) is 0 Å². The molecule has 0 aliphatic carbocycles. The smallest absolute Gasteiger partial charge is 0.262 e. The molecule has 2 aromatic rings. The topological polar surface area (TPSA) is 81.4 Å². The zero-order chi connectivity index (χ0) is 15.6. The van der Waals surface area contributed by atoms with Gasteiger partial charge in [0.2, 0.25) is 0 Å². The van der Waals surface area contributed by atoms with Crippen molar-refractivity contribution in [3.05, 3.63) is 46.7 Å². The zero-order valence-electron chi connectivity index (χ0n) is 10.9. The predicted octanol–water partition coefficient (Wildman–Crippen LogP) is 2.98. The van der Waals surface area contributed by atoms with Gasteiger partial charge in [-0.1, -0.05) is 15.9 Å². The Labute approximate surface area is 130 Å². The molecule has 8 heteroatoms. The Morgan fingerprint density at radius 1 is 1.24 bits per heavy atom. The summed E-state index contributed by atoms with van der Waals surface area (Å²) in [5.74, 6) is -0.386. The van der Waals surface area contributed by atoms with E-state index in [0.29, 0.717) is 10.2 Å². The molecule has 0 unspecified atom stereocenters. The van der Waals surface area contributed by atoms with Crippen molar-refractivity contribution in [3.8, 4) is 5.75 Å². The van der Waals surface area contributed by atoms with E-state index in [1.807, 2.05) is 0 Å². The molecule has 2 rings (SSSR count). The lowest BCUT2D eigenvalue weighted by Gasteiger charge is -2.12. The van der Waals surface area contributed by atoms with E-state index in [4.69, 9.17) is 10.5 Å². The van der Waals surface area contributed by atoms with E-state index in [1.165, 1.54) is 13.2 Å². The number of benzene rings is 2. The van der Waals surface area contributed by atoms with Gasteiger partial charge in [-0.15, -0.1) is 0 Å². The molecule has 21 heavy (non-hydrogen) atoms. The van der Waals surface area contributed by atoms with Gasteiger partial charge in [-0.2, -0.15) is 0 Å². The summed E-state index contributed by atoms with van der Waals surface area (Å²) >= 11 is 3.24. The van der Waals surface area contributed by atoms with Crippen LogP contribution in [0.5, 0.6) is 5.75 Å². The van der Waals surface area contributed by atoms with Crippen molar-refractivity contribution in [2.24, 2.45) is 0 Å². The average molecular weight is 375 g/mol. The molecule has 0 radical (unpaired) electrons. The summed E-state index contributed by atoms with van der Waals surface area (Å²) in [7, 11) is -2.56. The molecule has 0 spiro atoms. The monoisotopic (exact) mass is 374 g/mol. The number of nitrogens with two attached hydrogens (primary N) is 1. The van der Waals surface area contributed by atoms with Crippen LogP contribution in [0, 0.1) is 5.82 Å². The molecule has 0 heterocycles. The Kier molecular flexibility index (Phi) is 4.38. The molecule has 0 aromatic heterocycles. The standard InChI is InChI=1S/C13H12BrFN2O3S/c1-20-13-3-2-8(14)4-12(13)17-21(18,19)11-6-9(15)5-10(16)7-11/h2-7,17H,16H2,1H3. The Balaban J connectivity index is 2.44. The van der Waals surface area contributed by atoms with E-state index in [-0.39, 0.29) is 16.3 Å². The lowest BCUT2D eigenvalue weighted by Crippen LogP contribution is -2.14. The Morgan fingerprint density at radius 2 is 1.95 bits per heavy atom. The highest BCUT2D eigenvalue weighted by molar-refractivity contribution is 9.10. The number of rotatable bonds is 4. The van der Waals surface area contributed by atoms with Crippen LogP contribution in [-0.2, 0) is 10.0 Å². The molecule has 0 bridgehead atoms. The number of ether oxygens (including phenoxy) is 1. The van der Waals surface area contributed by atoms with E-state index >= 15 is 0 Å². The molecule has 5 nitrogen and oxygen atoms in total. The first-order valence-electron chi connectivity index (χ1n) is 5.74. The Hall–Kier alpha value is -1.80. The number of halogens is 2. The molecule has 2 aromatic carbocycles. The van der Waals surface area contributed by atoms with Crippen LogP contribution in [0.2, 0.25) is 0 Å². The average Bonchev–Trinajstić information content (AvgIpc) is 2.37. The first kappa shape index (κ1) is 15.6. The number of anilines is 2. The van der Waals surface area contributed by atoms with Gasteiger partial charge in [0.15, 0.2) is 0 Å². The number of hydrogen-bond donors (Lipinski definition) is 2. The highest BCUT2D eigenvalue weighted by Gasteiger charge is 2.18. The largest absolute Gasteiger partial charge is 0.495 e. The molecule has 0 atom stereocenters. The normalized spacial score (nSPS) is 11.2. The summed E-state index contributed by atoms with van der Waals surface area (Å²) < 4.78 is 46.0. The molecule has 0 aliphatic rings. The van der Waals surface area contributed by atoms with Gasteiger partial charge < -0.3 is 10.5 Å². The summed E-state index contributed by atoms with van der Waals surface area (Å²) in [5, 5.41) is 0. The molecule has 0 fully saturated rings. The van der Waals surface area contributed by atoms with Crippen molar-refractivity contribution in [1.29, 1.82) is 0 Å². The minimum atomic E-state index is -3.98. The maximum Gasteiger partial charge on any atom is 0.262 e. The molecule has 0 saturated heterocycles. The number of nitrogen functional groups attached to an aromatic ring is 1. The van der Waals surface area contributed by atoms with E-state index < -0.39 is 15.8 Å². The summed E-state index contributed by atoms with van der Waals surface area (Å²) in [4.78, 5) is -0.262. The minimum Gasteiger partial charge on any atom is -0.495 e. The van der Waals surface area contributed by atoms with Crippen molar-refractivity contribution in [3.63, 3.8) is 0 Å². The Morgan fingerprint density at radius 3 is 2.57 bits per heavy atom. The fourth-order valence-corrected chi connectivity index (χ4v) is 3.19. The fraction of sp³-hybridized carbons (Fsp3) is 0.0769. The van der Waals surface area contributed by atoms with Crippen molar-refractivity contribution in [2.75, 3.05) is 17.6 Å². The molecular formula is C13H12BrFN2O3S. The zero-order valence-corrected chi connectivity index (χ0v) is 13.3. The first-order chi connectivity index (χ1) is 9.81. The fourth-order valence-electron chi connectivity index (χ4n) is 1.70. The van der Waals surface area contributed by atoms with Crippen LogP contribution in [0.1, 0.15) is 0 Å². The van der Waals surface area contributed by atoms with Gasteiger partial charge in [-0.3, -0.25) is 4.72 Å². The van der Waals surface area contributed by atoms with Crippen molar-refractivity contribution in [2.45, 2.75) is 4.90 Å². The Bertz CT molecular complexity index is 761. The van der Waals surface area contributed by atoms with E-state index in [9.17, 15) is 12.8 Å². The van der Waals surface area contributed by atoms with E-state index in [1.54, 1.807) is 18.2 Å². The third-order valence-electron chi connectivity index (χ3n) is 2.61. The lowest BCUT2D eigenvalue weighted by atomic mass is 10.3. The van der Waals surface area contributed by atoms with Crippen LogP contribution in [0.15, 0.2) is 45.8 Å². The highest BCUT2D eigenvalue weighted by Crippen LogP contribution is 2.30. The molecule has 0 saturated carbocycles. The van der Waals surface area contributed by atoms with Crippen LogP contribution in [0.25, 0.3) is 0 Å². The lowest BCUT2D eigenvalue weighted by molar-refractivity contribution is 0.417. The first-order valence-corrected chi connectivity index (χ1v) is 8.02. The van der Waals surface area contributed by atoms with Crippen LogP contribution >= 0.6 is 15.9 Å². The molecule has 3 N–H and O–H groups in total. The van der Waals surface area contributed by atoms with Crippen molar-refractivity contribution < 1.29 is 17.5 Å². The molecule has 0 aliphatic heterocycles. The third-order valence-corrected chi connectivity index (χ3v) is 4.45. The summed E-state index contributed by atoms with van der Waals surface area (Å²) in [6.07, 6.45) is 0. The maximum absolute atomic E-state index is 13.3. The summed E-state index contributed by atoms with van der Waals surface area (Å²) in [6, 6.07) is 7.95. The summed E-state index contributed by atoms with van der Waals surface area (Å²) in [6.45, 7) is 0. The molecule has 0 amide bonds. The highest BCUT2D eigenvalue weighted by atomic mass is 79.9. The summed E-state index contributed by atoms with van der Waals surface area (Å²) in [5.41, 5.74) is 5.72. The maximum atomic E-state index is 13.3. The van der Waals surface area contributed by atoms with Crippen molar-refractivity contribution in [1.82, 2.24) is 0 Å². The minimum absolute atomic E-state index is 0.0246. The number of hydrogen-bond acceptors (Lipinski definition) is 4. The second-order valence-corrected chi connectivity index (χ2v) is 6.77. The van der Waals surface area contributed by atoms with Crippen LogP contribution in [-0.4, -0.2) is 15.5 Å². The van der Waals surface area contributed by atoms with Gasteiger partial charge in [0.25, 0.3) is 10.0 Å². The van der Waals surface area contributed by atoms with Crippen molar-refractivity contribution >= 4 is 37.3 Å². The van der Waals surface area contributed by atoms with Gasteiger partial charge in [0.1, 0.15) is 11.6 Å². The second-order valence-electron chi connectivity index (χ2n) is 4.17. The van der Waals surface area contributed by atoms with Gasteiger partial charge in [0, 0.05) is 10.2 Å². The molecular weight excluding hydrogens is 363 g/mol. The SMILES string of the molecule is COc1ccc(Br)cc1NS(=O)(=O)c1cc(N)cc(F)c1. The molecule has 112 valence electrons. The van der Waals surface area contributed by atoms with Crippen LogP contribution in [0.4, 0.5) is 15.8 Å². The van der Waals surface area contributed by atoms with Gasteiger partial charge in [0.05, 0.1) is 17.7 Å². The van der Waals surface area contributed by atoms with Gasteiger partial charge in [-0.25, -0.2) is 12.8 Å². The van der Waals surface area contributed by atoms with Gasteiger partial charge in [-0.05, 0) is 36.4 Å². The second kappa shape index (κ2) is 5.90. The third kappa shape index (κ3) is 3.64. The number of nitrogens with one attached hydrogen (secondary N) is 1. The quantitative estimate of drug-likeness (QED) is 0.806. The van der Waals surface area contributed by atoms with Gasteiger partial charge >= 0.3 is 0 Å².